The first-order valence-electron chi connectivity index (χ1n) is 8.07. The number of carbonyl (C=O) groups is 1. The van der Waals surface area contributed by atoms with E-state index >= 15 is 0 Å². The zero-order valence-electron chi connectivity index (χ0n) is 14.2. The van der Waals surface area contributed by atoms with Crippen molar-refractivity contribution in [2.75, 3.05) is 6.54 Å². The van der Waals surface area contributed by atoms with E-state index in [9.17, 15) is 14.7 Å². The zero-order chi connectivity index (χ0) is 17.7. The molecule has 0 aliphatic rings. The minimum Gasteiger partial charge on any atom is -0.384 e. The number of aromatic nitrogens is 2. The van der Waals surface area contributed by atoms with E-state index in [2.05, 4.69) is 15.5 Å². The molecule has 0 radical (unpaired) electrons. The summed E-state index contributed by atoms with van der Waals surface area (Å²) in [6.07, 6.45) is 1.17. The molecule has 1 amide bonds. The Labute approximate surface area is 140 Å². The summed E-state index contributed by atoms with van der Waals surface area (Å²) < 4.78 is 0. The number of amides is 1. The van der Waals surface area contributed by atoms with Crippen LogP contribution in [0, 0.1) is 0 Å². The van der Waals surface area contributed by atoms with Crippen LogP contribution in [0.4, 0.5) is 0 Å². The molecule has 6 heteroatoms. The summed E-state index contributed by atoms with van der Waals surface area (Å²) in [5.41, 5.74) is 0.389. The van der Waals surface area contributed by atoms with Gasteiger partial charge in [-0.1, -0.05) is 44.2 Å². The van der Waals surface area contributed by atoms with Crippen LogP contribution in [0.25, 0.3) is 0 Å². The first kappa shape index (κ1) is 17.9. The van der Waals surface area contributed by atoms with Crippen LogP contribution in [0.3, 0.4) is 0 Å². The van der Waals surface area contributed by atoms with Gasteiger partial charge in [0, 0.05) is 0 Å². The van der Waals surface area contributed by atoms with Crippen LogP contribution in [-0.4, -0.2) is 27.8 Å². The number of nitrogens with zero attached hydrogens (tertiary/aromatic N) is 1. The highest BCUT2D eigenvalue weighted by Gasteiger charge is 2.25. The van der Waals surface area contributed by atoms with Crippen LogP contribution in [0.5, 0.6) is 0 Å². The summed E-state index contributed by atoms with van der Waals surface area (Å²) in [6, 6.07) is 9.08. The van der Waals surface area contributed by atoms with E-state index in [-0.39, 0.29) is 12.1 Å². The van der Waals surface area contributed by atoms with Crippen molar-refractivity contribution in [2.45, 2.75) is 39.2 Å². The maximum atomic E-state index is 12.5. The second-order valence-electron chi connectivity index (χ2n) is 5.88. The molecular weight excluding hydrogens is 306 g/mol. The molecule has 0 spiro atoms. The normalized spacial score (nSPS) is 13.3. The highest BCUT2D eigenvalue weighted by atomic mass is 16.3. The first-order chi connectivity index (χ1) is 11.4. The summed E-state index contributed by atoms with van der Waals surface area (Å²) in [5.74, 6) is -0.499. The van der Waals surface area contributed by atoms with Crippen LogP contribution in [0.2, 0.25) is 0 Å². The van der Waals surface area contributed by atoms with Crippen LogP contribution in [0.1, 0.15) is 48.0 Å². The summed E-state index contributed by atoms with van der Waals surface area (Å²) in [7, 11) is 0. The number of aromatic amines is 1. The highest BCUT2D eigenvalue weighted by Crippen LogP contribution is 2.19. The van der Waals surface area contributed by atoms with E-state index < -0.39 is 17.1 Å². The van der Waals surface area contributed by atoms with Gasteiger partial charge in [0.2, 0.25) is 0 Å². The molecule has 1 unspecified atom stereocenters. The maximum Gasteiger partial charge on any atom is 0.277 e. The maximum absolute atomic E-state index is 12.5. The second-order valence-corrected chi connectivity index (χ2v) is 5.88. The topological polar surface area (TPSA) is 95.1 Å². The van der Waals surface area contributed by atoms with Crippen molar-refractivity contribution >= 4 is 5.91 Å². The predicted molar refractivity (Wildman–Crippen MR) is 92.0 cm³/mol. The van der Waals surface area contributed by atoms with E-state index in [1.54, 1.807) is 19.1 Å². The van der Waals surface area contributed by atoms with Crippen molar-refractivity contribution in [3.8, 4) is 0 Å². The molecule has 1 aromatic carbocycles. The van der Waals surface area contributed by atoms with Gasteiger partial charge in [-0.25, -0.2) is 5.10 Å². The molecule has 0 saturated heterocycles. The van der Waals surface area contributed by atoms with Crippen LogP contribution >= 0.6 is 0 Å². The van der Waals surface area contributed by atoms with E-state index in [4.69, 9.17) is 0 Å². The molecule has 1 atom stereocenters. The monoisotopic (exact) mass is 329 g/mol. The lowest BCUT2D eigenvalue weighted by Crippen LogP contribution is -2.41. The number of hydrogen-bond donors (Lipinski definition) is 3. The lowest BCUT2D eigenvalue weighted by atomic mass is 9.96. The highest BCUT2D eigenvalue weighted by molar-refractivity contribution is 5.95. The van der Waals surface area contributed by atoms with Gasteiger partial charge in [0.05, 0.1) is 12.2 Å². The zero-order valence-corrected chi connectivity index (χ0v) is 14.2. The molecule has 3 N–H and O–H groups in total. The van der Waals surface area contributed by atoms with E-state index in [0.717, 1.165) is 0 Å². The molecule has 0 fully saturated rings. The van der Waals surface area contributed by atoms with Crippen LogP contribution in [-0.2, 0) is 18.4 Å². The van der Waals surface area contributed by atoms with Crippen molar-refractivity contribution in [3.05, 3.63) is 63.1 Å². The molecule has 0 bridgehead atoms. The minimum atomic E-state index is -1.23. The Morgan fingerprint density at radius 3 is 2.50 bits per heavy atom. The van der Waals surface area contributed by atoms with Crippen LogP contribution < -0.4 is 10.9 Å². The molecule has 1 aromatic heterocycles. The molecule has 128 valence electrons. The molecular formula is C18H23N3O3. The largest absolute Gasteiger partial charge is 0.384 e. The predicted octanol–water partition coefficient (Wildman–Crippen LogP) is 1.53. The standard InChI is InChI=1S/C18H23N3O3/c1-4-13-14(5-2)20-21-17(23)15(13)16(22)19-11-18(3,24)12-9-7-6-8-10-12/h6-10,24H,4-5,11H2,1-3H3,(H,19,22)(H,21,23). The second kappa shape index (κ2) is 7.40. The van der Waals surface area contributed by atoms with Gasteiger partial charge >= 0.3 is 0 Å². The molecule has 0 aliphatic carbocycles. The van der Waals surface area contributed by atoms with Gasteiger partial charge in [0.15, 0.2) is 0 Å². The molecule has 2 rings (SSSR count). The molecule has 24 heavy (non-hydrogen) atoms. The van der Waals surface area contributed by atoms with Gasteiger partial charge in [-0.05, 0) is 30.9 Å². The van der Waals surface area contributed by atoms with Crippen molar-refractivity contribution in [2.24, 2.45) is 0 Å². The number of benzene rings is 1. The lowest BCUT2D eigenvalue weighted by molar-refractivity contribution is 0.0525. The smallest absolute Gasteiger partial charge is 0.277 e. The summed E-state index contributed by atoms with van der Waals surface area (Å²) >= 11 is 0. The number of carbonyl (C=O) groups excluding carboxylic acids is 1. The number of nitrogens with one attached hydrogen (secondary N) is 2. The van der Waals surface area contributed by atoms with Gasteiger partial charge in [-0.15, -0.1) is 0 Å². The van der Waals surface area contributed by atoms with Gasteiger partial charge < -0.3 is 10.4 Å². The fourth-order valence-corrected chi connectivity index (χ4v) is 2.68. The van der Waals surface area contributed by atoms with E-state index in [1.165, 1.54) is 0 Å². The lowest BCUT2D eigenvalue weighted by Gasteiger charge is -2.24. The van der Waals surface area contributed by atoms with E-state index in [1.807, 2.05) is 32.0 Å². The number of aliphatic hydroxyl groups is 1. The molecule has 2 aromatic rings. The Balaban J connectivity index is 2.23. The van der Waals surface area contributed by atoms with Crippen molar-refractivity contribution in [1.82, 2.24) is 15.5 Å². The number of H-pyrrole nitrogens is 1. The average molecular weight is 329 g/mol. The number of hydrogen-bond acceptors (Lipinski definition) is 4. The van der Waals surface area contributed by atoms with Crippen LogP contribution in [0.15, 0.2) is 35.1 Å². The van der Waals surface area contributed by atoms with Crippen molar-refractivity contribution < 1.29 is 9.90 Å². The SMILES string of the molecule is CCc1n[nH]c(=O)c(C(=O)NCC(C)(O)c2ccccc2)c1CC. The third-order valence-corrected chi connectivity index (χ3v) is 4.07. The van der Waals surface area contributed by atoms with Gasteiger partial charge in [-0.2, -0.15) is 5.10 Å². The quantitative estimate of drug-likeness (QED) is 0.749. The fraction of sp³-hybridized carbons (Fsp3) is 0.389. The first-order valence-corrected chi connectivity index (χ1v) is 8.07. The van der Waals surface area contributed by atoms with Gasteiger partial charge in [0.25, 0.3) is 11.5 Å². The summed E-state index contributed by atoms with van der Waals surface area (Å²) in [5, 5.41) is 19.6. The average Bonchev–Trinajstić information content (AvgIpc) is 2.60. The Bertz CT molecular complexity index is 767. The Kier molecular flexibility index (Phi) is 5.51. The molecule has 6 nitrogen and oxygen atoms in total. The molecule has 1 heterocycles. The third kappa shape index (κ3) is 3.71. The van der Waals surface area contributed by atoms with Gasteiger partial charge in [0.1, 0.15) is 11.2 Å². The number of aryl methyl sites for hydroxylation is 1. The third-order valence-electron chi connectivity index (χ3n) is 4.07. The fourth-order valence-electron chi connectivity index (χ4n) is 2.68. The number of rotatable bonds is 6. The van der Waals surface area contributed by atoms with Crippen molar-refractivity contribution in [1.29, 1.82) is 0 Å². The Morgan fingerprint density at radius 2 is 1.92 bits per heavy atom. The molecule has 0 aliphatic heterocycles. The summed E-state index contributed by atoms with van der Waals surface area (Å²) in [4.78, 5) is 24.6. The Morgan fingerprint density at radius 1 is 1.25 bits per heavy atom. The Hall–Kier alpha value is -2.47. The molecule has 0 saturated carbocycles. The van der Waals surface area contributed by atoms with Crippen molar-refractivity contribution in [3.63, 3.8) is 0 Å². The summed E-state index contributed by atoms with van der Waals surface area (Å²) in [6.45, 7) is 5.42. The van der Waals surface area contributed by atoms with Gasteiger partial charge in [-0.3, -0.25) is 9.59 Å². The minimum absolute atomic E-state index is 0.00220. The van der Waals surface area contributed by atoms with E-state index in [0.29, 0.717) is 29.7 Å².